The molecule has 0 aliphatic heterocycles. The van der Waals surface area contributed by atoms with Crippen molar-refractivity contribution >= 4 is 33.7 Å². The minimum absolute atomic E-state index is 0.0190. The maximum absolute atomic E-state index is 11.9. The van der Waals surface area contributed by atoms with E-state index < -0.39 is 4.92 Å². The highest BCUT2D eigenvalue weighted by Gasteiger charge is 2.15. The number of thiophene rings is 1. The molecule has 4 nitrogen and oxygen atoms in total. The summed E-state index contributed by atoms with van der Waals surface area (Å²) in [5.41, 5.74) is 0.834. The summed E-state index contributed by atoms with van der Waals surface area (Å²) < 4.78 is 0. The van der Waals surface area contributed by atoms with Crippen LogP contribution < -0.4 is 0 Å². The van der Waals surface area contributed by atoms with E-state index in [4.69, 9.17) is 11.6 Å². The van der Waals surface area contributed by atoms with Gasteiger partial charge in [0.1, 0.15) is 0 Å². The van der Waals surface area contributed by atoms with Gasteiger partial charge in [-0.3, -0.25) is 14.9 Å². The Kier molecular flexibility index (Phi) is 3.74. The van der Waals surface area contributed by atoms with Crippen LogP contribution in [0.2, 0.25) is 5.02 Å². The summed E-state index contributed by atoms with van der Waals surface area (Å²) in [5, 5.41) is 11.1. The molecule has 0 aliphatic rings. The molecule has 2 aromatic rings. The molecule has 0 aliphatic carbocycles. The lowest BCUT2D eigenvalue weighted by Crippen LogP contribution is -2.00. The van der Waals surface area contributed by atoms with E-state index in [1.165, 1.54) is 12.1 Å². The lowest BCUT2D eigenvalue weighted by Gasteiger charge is -1.98. The predicted molar refractivity (Wildman–Crippen MR) is 70.5 cm³/mol. The zero-order valence-electron chi connectivity index (χ0n) is 9.13. The van der Waals surface area contributed by atoms with E-state index in [0.717, 1.165) is 16.9 Å². The van der Waals surface area contributed by atoms with Gasteiger partial charge in [-0.05, 0) is 23.8 Å². The van der Waals surface area contributed by atoms with E-state index in [0.29, 0.717) is 9.90 Å². The Bertz CT molecular complexity index is 592. The third-order valence-electron chi connectivity index (χ3n) is 2.32. The number of carbonyl (C=O) groups is 1. The first-order chi connectivity index (χ1) is 8.56. The van der Waals surface area contributed by atoms with Gasteiger partial charge in [-0.15, -0.1) is 0 Å². The summed E-state index contributed by atoms with van der Waals surface area (Å²) in [7, 11) is 0. The van der Waals surface area contributed by atoms with E-state index in [1.54, 1.807) is 24.3 Å². The third-order valence-corrected chi connectivity index (χ3v) is 3.65. The topological polar surface area (TPSA) is 60.2 Å². The Balaban J connectivity index is 2.11. The van der Waals surface area contributed by atoms with Crippen LogP contribution in [0.5, 0.6) is 0 Å². The Hall–Kier alpha value is -1.72. The zero-order chi connectivity index (χ0) is 13.1. The first kappa shape index (κ1) is 12.7. The number of rotatable bonds is 4. The Morgan fingerprint density at radius 2 is 1.89 bits per heavy atom. The first-order valence-corrected chi connectivity index (χ1v) is 6.27. The van der Waals surface area contributed by atoms with Crippen molar-refractivity contribution in [3.8, 4) is 0 Å². The summed E-state index contributed by atoms with van der Waals surface area (Å²) in [5.74, 6) is -0.129. The highest BCUT2D eigenvalue weighted by molar-refractivity contribution is 7.17. The molecule has 1 aromatic carbocycles. The number of carbonyl (C=O) groups excluding carboxylic acids is 1. The van der Waals surface area contributed by atoms with Gasteiger partial charge < -0.3 is 0 Å². The van der Waals surface area contributed by atoms with Gasteiger partial charge in [-0.25, -0.2) is 0 Å². The highest BCUT2D eigenvalue weighted by atomic mass is 35.5. The van der Waals surface area contributed by atoms with E-state index >= 15 is 0 Å². The van der Waals surface area contributed by atoms with Gasteiger partial charge >= 0.3 is 5.00 Å². The maximum atomic E-state index is 11.9. The van der Waals surface area contributed by atoms with Crippen LogP contribution in [-0.2, 0) is 6.42 Å². The first-order valence-electron chi connectivity index (χ1n) is 5.08. The molecule has 1 heterocycles. The smallest absolute Gasteiger partial charge is 0.293 e. The number of halogens is 1. The number of Topliss-reactive ketones (excluding diaryl/α,β-unsaturated/α-hetero) is 1. The molecule has 0 fully saturated rings. The van der Waals surface area contributed by atoms with Gasteiger partial charge in [-0.2, -0.15) is 0 Å². The SMILES string of the molecule is O=C(Cc1ccc(Cl)cc1)c1ccc([N+](=O)[O-])s1. The van der Waals surface area contributed by atoms with Crippen molar-refractivity contribution in [1.82, 2.24) is 0 Å². The lowest BCUT2D eigenvalue weighted by atomic mass is 10.1. The van der Waals surface area contributed by atoms with Gasteiger partial charge in [0.05, 0.1) is 9.80 Å². The van der Waals surface area contributed by atoms with Crippen molar-refractivity contribution in [2.75, 3.05) is 0 Å². The van der Waals surface area contributed by atoms with Crippen molar-refractivity contribution in [2.24, 2.45) is 0 Å². The Morgan fingerprint density at radius 1 is 1.22 bits per heavy atom. The number of hydrogen-bond donors (Lipinski definition) is 0. The fourth-order valence-electron chi connectivity index (χ4n) is 1.45. The number of nitro groups is 1. The molecule has 92 valence electrons. The van der Waals surface area contributed by atoms with Crippen LogP contribution in [0, 0.1) is 10.1 Å². The highest BCUT2D eigenvalue weighted by Crippen LogP contribution is 2.25. The minimum atomic E-state index is -0.496. The van der Waals surface area contributed by atoms with Crippen LogP contribution in [0.3, 0.4) is 0 Å². The molecular weight excluding hydrogens is 274 g/mol. The van der Waals surface area contributed by atoms with Crippen LogP contribution >= 0.6 is 22.9 Å². The van der Waals surface area contributed by atoms with Crippen molar-refractivity contribution in [3.63, 3.8) is 0 Å². The number of ketones is 1. The van der Waals surface area contributed by atoms with Gasteiger partial charge in [0, 0.05) is 17.5 Å². The monoisotopic (exact) mass is 281 g/mol. The molecule has 0 N–H and O–H groups in total. The molecule has 6 heteroatoms. The predicted octanol–water partition coefficient (Wildman–Crippen LogP) is 3.74. The molecule has 0 atom stereocenters. The van der Waals surface area contributed by atoms with E-state index in [1.807, 2.05) is 0 Å². The van der Waals surface area contributed by atoms with Crippen LogP contribution in [0.15, 0.2) is 36.4 Å². The van der Waals surface area contributed by atoms with Crippen molar-refractivity contribution in [2.45, 2.75) is 6.42 Å². The fraction of sp³-hybridized carbons (Fsp3) is 0.0833. The Labute approximate surface area is 112 Å². The standard InChI is InChI=1S/C12H8ClNO3S/c13-9-3-1-8(2-4-9)7-10(15)11-5-6-12(18-11)14(16)17/h1-6H,7H2. The second kappa shape index (κ2) is 5.29. The average Bonchev–Trinajstić information content (AvgIpc) is 2.81. The molecule has 0 saturated carbocycles. The average molecular weight is 282 g/mol. The fourth-order valence-corrected chi connectivity index (χ4v) is 2.33. The second-order valence-electron chi connectivity index (χ2n) is 3.62. The van der Waals surface area contributed by atoms with E-state index in [9.17, 15) is 14.9 Å². The molecule has 0 saturated heterocycles. The van der Waals surface area contributed by atoms with Gasteiger partial charge in [0.2, 0.25) is 0 Å². The molecule has 1 aromatic heterocycles. The zero-order valence-corrected chi connectivity index (χ0v) is 10.7. The van der Waals surface area contributed by atoms with Crippen molar-refractivity contribution < 1.29 is 9.72 Å². The molecule has 0 spiro atoms. The quantitative estimate of drug-likeness (QED) is 0.487. The van der Waals surface area contributed by atoms with E-state index in [-0.39, 0.29) is 17.2 Å². The summed E-state index contributed by atoms with van der Waals surface area (Å²) in [6, 6.07) is 9.79. The number of nitrogens with zero attached hydrogens (tertiary/aromatic N) is 1. The second-order valence-corrected chi connectivity index (χ2v) is 5.12. The van der Waals surface area contributed by atoms with Crippen LogP contribution in [-0.4, -0.2) is 10.7 Å². The van der Waals surface area contributed by atoms with Crippen LogP contribution in [0.1, 0.15) is 15.2 Å². The molecule has 18 heavy (non-hydrogen) atoms. The molecule has 2 rings (SSSR count). The van der Waals surface area contributed by atoms with E-state index in [2.05, 4.69) is 0 Å². The molecule has 0 amide bonds. The number of hydrogen-bond acceptors (Lipinski definition) is 4. The minimum Gasteiger partial charge on any atom is -0.293 e. The van der Waals surface area contributed by atoms with Gasteiger partial charge in [-0.1, -0.05) is 35.1 Å². The van der Waals surface area contributed by atoms with Crippen LogP contribution in [0.4, 0.5) is 5.00 Å². The maximum Gasteiger partial charge on any atom is 0.324 e. The molecule has 0 radical (unpaired) electrons. The van der Waals surface area contributed by atoms with Crippen molar-refractivity contribution in [1.29, 1.82) is 0 Å². The van der Waals surface area contributed by atoms with Crippen LogP contribution in [0.25, 0.3) is 0 Å². The molecular formula is C12H8ClNO3S. The Morgan fingerprint density at radius 3 is 2.44 bits per heavy atom. The van der Waals surface area contributed by atoms with Gasteiger partial charge in [0.25, 0.3) is 0 Å². The molecule has 0 bridgehead atoms. The lowest BCUT2D eigenvalue weighted by molar-refractivity contribution is -0.380. The van der Waals surface area contributed by atoms with Gasteiger partial charge in [0.15, 0.2) is 5.78 Å². The van der Waals surface area contributed by atoms with Crippen molar-refractivity contribution in [3.05, 3.63) is 62.0 Å². The largest absolute Gasteiger partial charge is 0.324 e. The summed E-state index contributed by atoms with van der Waals surface area (Å²) >= 11 is 6.64. The summed E-state index contributed by atoms with van der Waals surface area (Å²) in [6.45, 7) is 0. The third kappa shape index (κ3) is 2.94. The summed E-state index contributed by atoms with van der Waals surface area (Å²) in [6.07, 6.45) is 0.217. The summed E-state index contributed by atoms with van der Waals surface area (Å²) in [4.78, 5) is 22.3. The molecule has 0 unspecified atom stereocenters. The normalized spacial score (nSPS) is 10.3. The number of benzene rings is 1.